The average molecular weight is 158 g/mol. The highest BCUT2D eigenvalue weighted by Crippen LogP contribution is 2.10. The lowest BCUT2D eigenvalue weighted by Crippen LogP contribution is -1.88. The maximum absolute atomic E-state index is 8.81. The smallest absolute Gasteiger partial charge is 0.0853 e. The van der Waals surface area contributed by atoms with Crippen molar-refractivity contribution in [1.82, 2.24) is 4.98 Å². The van der Waals surface area contributed by atoms with E-state index in [1.807, 2.05) is 24.3 Å². The van der Waals surface area contributed by atoms with Gasteiger partial charge in [0.2, 0.25) is 0 Å². The number of pyridine rings is 1. The van der Waals surface area contributed by atoms with Crippen LogP contribution in [0.4, 0.5) is 0 Å². The molecule has 1 N–H and O–H groups in total. The van der Waals surface area contributed by atoms with Gasteiger partial charge < -0.3 is 5.11 Å². The van der Waals surface area contributed by atoms with Crippen LogP contribution in [0.2, 0.25) is 0 Å². The predicted molar refractivity (Wildman–Crippen MR) is 46.5 cm³/mol. The normalized spacial score (nSPS) is 10.4. The molecule has 59 valence electrons. The summed E-state index contributed by atoms with van der Waals surface area (Å²) in [6, 6.07) is 12.5. The van der Waals surface area contributed by atoms with Crippen LogP contribution >= 0.6 is 0 Å². The zero-order valence-electron chi connectivity index (χ0n) is 6.49. The van der Waals surface area contributed by atoms with Crippen molar-refractivity contribution < 1.29 is 5.11 Å². The van der Waals surface area contributed by atoms with E-state index in [0.29, 0.717) is 5.69 Å². The number of para-hydroxylation sites is 1. The summed E-state index contributed by atoms with van der Waals surface area (Å²) in [5.41, 5.74) is 1.54. The van der Waals surface area contributed by atoms with Crippen LogP contribution in [-0.4, -0.2) is 10.1 Å². The molecule has 0 bridgehead atoms. The predicted octanol–water partition coefficient (Wildman–Crippen LogP) is 1.53. The van der Waals surface area contributed by atoms with E-state index in [2.05, 4.69) is 11.1 Å². The summed E-state index contributed by atoms with van der Waals surface area (Å²) in [6.07, 6.45) is 0. The molecule has 0 fully saturated rings. The Balaban J connectivity index is 2.67. The molecule has 1 radical (unpaired) electrons. The molecule has 0 saturated carbocycles. The highest BCUT2D eigenvalue weighted by molar-refractivity contribution is 5.77. The number of rotatable bonds is 1. The topological polar surface area (TPSA) is 33.1 Å². The van der Waals surface area contributed by atoms with Crippen LogP contribution in [0.3, 0.4) is 0 Å². The van der Waals surface area contributed by atoms with Gasteiger partial charge in [-0.3, -0.25) is 4.98 Å². The standard InChI is InChI=1S/C10H8NO/c12-7-9-6-5-8-3-1-2-4-10(8)11-9/h1-4,6,12H,7H2. The van der Waals surface area contributed by atoms with Crippen LogP contribution in [-0.2, 0) is 6.61 Å². The van der Waals surface area contributed by atoms with Crippen molar-refractivity contribution in [2.75, 3.05) is 0 Å². The molecule has 0 spiro atoms. The van der Waals surface area contributed by atoms with Gasteiger partial charge in [0.15, 0.2) is 0 Å². The quantitative estimate of drug-likeness (QED) is 0.682. The first-order valence-electron chi connectivity index (χ1n) is 3.77. The van der Waals surface area contributed by atoms with Gasteiger partial charge in [0, 0.05) is 5.39 Å². The lowest BCUT2D eigenvalue weighted by Gasteiger charge is -1.97. The highest BCUT2D eigenvalue weighted by Gasteiger charge is 1.95. The fourth-order valence-corrected chi connectivity index (χ4v) is 1.12. The van der Waals surface area contributed by atoms with Crippen LogP contribution in [0.1, 0.15) is 5.69 Å². The van der Waals surface area contributed by atoms with Gasteiger partial charge in [0.25, 0.3) is 0 Å². The van der Waals surface area contributed by atoms with Crippen molar-refractivity contribution in [2.24, 2.45) is 0 Å². The summed E-state index contributed by atoms with van der Waals surface area (Å²) in [5, 5.41) is 9.80. The number of nitrogens with zero attached hydrogens (tertiary/aromatic N) is 1. The second kappa shape index (κ2) is 2.91. The van der Waals surface area contributed by atoms with Crippen molar-refractivity contribution in [3.8, 4) is 0 Å². The number of benzene rings is 1. The Hall–Kier alpha value is -1.41. The molecule has 2 rings (SSSR count). The van der Waals surface area contributed by atoms with E-state index in [1.165, 1.54) is 0 Å². The molecule has 1 aromatic heterocycles. The van der Waals surface area contributed by atoms with E-state index in [1.54, 1.807) is 6.07 Å². The SMILES string of the molecule is OCc1c[c]c2ccccc2n1. The zero-order valence-corrected chi connectivity index (χ0v) is 6.49. The summed E-state index contributed by atoms with van der Waals surface area (Å²) in [4.78, 5) is 4.21. The molecule has 0 saturated heterocycles. The Labute approximate surface area is 70.5 Å². The fraction of sp³-hybridized carbons (Fsp3) is 0.100. The van der Waals surface area contributed by atoms with Crippen LogP contribution in [0.25, 0.3) is 10.9 Å². The Bertz CT molecular complexity index is 398. The third kappa shape index (κ3) is 1.17. The van der Waals surface area contributed by atoms with Crippen LogP contribution in [0.5, 0.6) is 0 Å². The highest BCUT2D eigenvalue weighted by atomic mass is 16.3. The first kappa shape index (κ1) is 7.25. The third-order valence-electron chi connectivity index (χ3n) is 1.72. The summed E-state index contributed by atoms with van der Waals surface area (Å²) >= 11 is 0. The molecule has 0 aliphatic heterocycles. The van der Waals surface area contributed by atoms with Gasteiger partial charge in [-0.25, -0.2) is 0 Å². The van der Waals surface area contributed by atoms with Gasteiger partial charge in [-0.1, -0.05) is 18.2 Å². The summed E-state index contributed by atoms with van der Waals surface area (Å²) in [7, 11) is 0. The maximum atomic E-state index is 8.81. The monoisotopic (exact) mass is 158 g/mol. The molecular formula is C10H8NO. The van der Waals surface area contributed by atoms with Gasteiger partial charge in [0.05, 0.1) is 17.8 Å². The number of hydrogen-bond donors (Lipinski definition) is 1. The maximum Gasteiger partial charge on any atom is 0.0853 e. The van der Waals surface area contributed by atoms with Crippen molar-refractivity contribution >= 4 is 10.9 Å². The molecule has 2 nitrogen and oxygen atoms in total. The lowest BCUT2D eigenvalue weighted by atomic mass is 10.2. The first-order valence-corrected chi connectivity index (χ1v) is 3.77. The number of aliphatic hydroxyl groups excluding tert-OH is 1. The summed E-state index contributed by atoms with van der Waals surface area (Å²) < 4.78 is 0. The largest absolute Gasteiger partial charge is 0.390 e. The summed E-state index contributed by atoms with van der Waals surface area (Å²) in [6.45, 7) is -0.0265. The van der Waals surface area contributed by atoms with E-state index in [4.69, 9.17) is 5.11 Å². The minimum absolute atomic E-state index is 0.0265. The van der Waals surface area contributed by atoms with Gasteiger partial charge in [-0.2, -0.15) is 0 Å². The second-order valence-corrected chi connectivity index (χ2v) is 2.57. The van der Waals surface area contributed by atoms with Gasteiger partial charge in [-0.15, -0.1) is 0 Å². The summed E-state index contributed by atoms with van der Waals surface area (Å²) in [5.74, 6) is 0. The minimum Gasteiger partial charge on any atom is -0.390 e. The molecule has 1 aromatic carbocycles. The van der Waals surface area contributed by atoms with Gasteiger partial charge >= 0.3 is 0 Å². The number of aliphatic hydroxyl groups is 1. The molecule has 0 aliphatic carbocycles. The third-order valence-corrected chi connectivity index (χ3v) is 1.72. The first-order chi connectivity index (χ1) is 5.90. The number of hydrogen-bond acceptors (Lipinski definition) is 2. The minimum atomic E-state index is -0.0265. The molecule has 0 aliphatic rings. The van der Waals surface area contributed by atoms with E-state index in [-0.39, 0.29) is 6.61 Å². The van der Waals surface area contributed by atoms with Gasteiger partial charge in [0.1, 0.15) is 0 Å². The van der Waals surface area contributed by atoms with E-state index in [9.17, 15) is 0 Å². The van der Waals surface area contributed by atoms with Crippen molar-refractivity contribution in [3.63, 3.8) is 0 Å². The second-order valence-electron chi connectivity index (χ2n) is 2.57. The van der Waals surface area contributed by atoms with E-state index >= 15 is 0 Å². The van der Waals surface area contributed by atoms with Crippen LogP contribution in [0.15, 0.2) is 30.3 Å². The van der Waals surface area contributed by atoms with E-state index < -0.39 is 0 Å². The Morgan fingerprint density at radius 1 is 1.33 bits per heavy atom. The Kier molecular flexibility index (Phi) is 1.76. The zero-order chi connectivity index (χ0) is 8.39. The van der Waals surface area contributed by atoms with Crippen LogP contribution in [0, 0.1) is 6.07 Å². The Morgan fingerprint density at radius 3 is 3.00 bits per heavy atom. The Morgan fingerprint density at radius 2 is 2.17 bits per heavy atom. The van der Waals surface area contributed by atoms with Crippen LogP contribution < -0.4 is 0 Å². The molecule has 0 atom stereocenters. The molecule has 0 amide bonds. The van der Waals surface area contributed by atoms with Crippen molar-refractivity contribution in [1.29, 1.82) is 0 Å². The molecule has 12 heavy (non-hydrogen) atoms. The van der Waals surface area contributed by atoms with Crippen molar-refractivity contribution in [2.45, 2.75) is 6.61 Å². The molecule has 2 heteroatoms. The van der Waals surface area contributed by atoms with E-state index in [0.717, 1.165) is 10.9 Å². The van der Waals surface area contributed by atoms with Gasteiger partial charge in [-0.05, 0) is 18.2 Å². The fourth-order valence-electron chi connectivity index (χ4n) is 1.12. The van der Waals surface area contributed by atoms with Crippen molar-refractivity contribution in [3.05, 3.63) is 42.1 Å². The number of aromatic nitrogens is 1. The molecular weight excluding hydrogens is 150 g/mol. The molecule has 2 aromatic rings. The number of fused-ring (bicyclic) bond motifs is 1. The molecule has 1 heterocycles. The lowest BCUT2D eigenvalue weighted by molar-refractivity contribution is 0.277. The average Bonchev–Trinajstić information content (AvgIpc) is 2.17. The molecule has 0 unspecified atom stereocenters.